The molecule has 5 heteroatoms. The predicted molar refractivity (Wildman–Crippen MR) is 95.3 cm³/mol. The third kappa shape index (κ3) is 2.67. The van der Waals surface area contributed by atoms with E-state index < -0.39 is 0 Å². The first-order valence-electron chi connectivity index (χ1n) is 8.22. The standard InChI is InChI=1S/C19H20N4O/c1-22-12-10-15(19(22)14-7-3-2-4-8-14)20-16-13-18(24)23-11-6-5-9-17(23)21-16/h2-9,11,13,15,19-20H,10,12H2,1H3/t15-,19-/m1/s1. The number of anilines is 1. The van der Waals surface area contributed by atoms with Crippen molar-refractivity contribution in [3.8, 4) is 0 Å². The topological polar surface area (TPSA) is 49.6 Å². The monoisotopic (exact) mass is 320 g/mol. The molecular formula is C19H20N4O. The summed E-state index contributed by atoms with van der Waals surface area (Å²) in [5.74, 6) is 0.646. The SMILES string of the molecule is CN1CC[C@@H](Nc2cc(=O)n3ccccc3n2)[C@H]1c1ccccc1. The summed E-state index contributed by atoms with van der Waals surface area (Å²) in [5.41, 5.74) is 1.88. The zero-order chi connectivity index (χ0) is 16.5. The number of nitrogens with zero attached hydrogens (tertiary/aromatic N) is 3. The van der Waals surface area contributed by atoms with Gasteiger partial charge in [0.25, 0.3) is 5.56 Å². The summed E-state index contributed by atoms with van der Waals surface area (Å²) in [6.07, 6.45) is 2.76. The van der Waals surface area contributed by atoms with E-state index in [1.807, 2.05) is 24.3 Å². The molecule has 1 N–H and O–H groups in total. The van der Waals surface area contributed by atoms with Gasteiger partial charge in [-0.05, 0) is 31.2 Å². The van der Waals surface area contributed by atoms with E-state index >= 15 is 0 Å². The Hall–Kier alpha value is -2.66. The fourth-order valence-corrected chi connectivity index (χ4v) is 3.55. The highest BCUT2D eigenvalue weighted by Gasteiger charge is 2.33. The molecule has 122 valence electrons. The van der Waals surface area contributed by atoms with Crippen LogP contribution in [0.3, 0.4) is 0 Å². The maximum Gasteiger partial charge on any atom is 0.259 e. The minimum absolute atomic E-state index is 0.0642. The molecular weight excluding hydrogens is 300 g/mol. The number of hydrogen-bond acceptors (Lipinski definition) is 4. The second-order valence-electron chi connectivity index (χ2n) is 6.28. The Morgan fingerprint density at radius 2 is 1.92 bits per heavy atom. The first-order valence-corrected chi connectivity index (χ1v) is 8.22. The van der Waals surface area contributed by atoms with E-state index in [4.69, 9.17) is 0 Å². The largest absolute Gasteiger partial charge is 0.365 e. The average molecular weight is 320 g/mol. The van der Waals surface area contributed by atoms with Gasteiger partial charge in [-0.1, -0.05) is 36.4 Å². The van der Waals surface area contributed by atoms with Crippen LogP contribution in [0.25, 0.3) is 5.65 Å². The average Bonchev–Trinajstić information content (AvgIpc) is 2.96. The summed E-state index contributed by atoms with van der Waals surface area (Å²) in [6.45, 7) is 1.02. The van der Waals surface area contributed by atoms with E-state index in [0.29, 0.717) is 11.5 Å². The van der Waals surface area contributed by atoms with Crippen LogP contribution < -0.4 is 10.9 Å². The van der Waals surface area contributed by atoms with Crippen LogP contribution in [-0.4, -0.2) is 33.9 Å². The third-order valence-electron chi connectivity index (χ3n) is 4.69. The number of hydrogen-bond donors (Lipinski definition) is 1. The van der Waals surface area contributed by atoms with Gasteiger partial charge in [-0.2, -0.15) is 0 Å². The van der Waals surface area contributed by atoms with Crippen LogP contribution in [0.4, 0.5) is 5.82 Å². The number of likely N-dealkylation sites (tertiary alicyclic amines) is 1. The van der Waals surface area contributed by atoms with Gasteiger partial charge >= 0.3 is 0 Å². The molecule has 1 aliphatic rings. The van der Waals surface area contributed by atoms with Crippen molar-refractivity contribution in [3.05, 3.63) is 76.7 Å². The van der Waals surface area contributed by atoms with Crippen LogP contribution >= 0.6 is 0 Å². The Morgan fingerprint density at radius 3 is 2.75 bits per heavy atom. The van der Waals surface area contributed by atoms with E-state index in [0.717, 1.165) is 13.0 Å². The summed E-state index contributed by atoms with van der Waals surface area (Å²) in [7, 11) is 2.14. The molecule has 0 amide bonds. The molecule has 3 heterocycles. The summed E-state index contributed by atoms with van der Waals surface area (Å²) in [5, 5.41) is 3.49. The third-order valence-corrected chi connectivity index (χ3v) is 4.69. The van der Waals surface area contributed by atoms with Gasteiger partial charge in [-0.3, -0.25) is 14.1 Å². The van der Waals surface area contributed by atoms with Gasteiger partial charge in [0.1, 0.15) is 11.5 Å². The number of rotatable bonds is 3. The number of benzene rings is 1. The van der Waals surface area contributed by atoms with E-state index in [9.17, 15) is 4.79 Å². The predicted octanol–water partition coefficient (Wildman–Crippen LogP) is 2.55. The molecule has 0 spiro atoms. The van der Waals surface area contributed by atoms with Crippen molar-refractivity contribution >= 4 is 11.5 Å². The molecule has 4 rings (SSSR count). The van der Waals surface area contributed by atoms with Crippen LogP contribution in [0.2, 0.25) is 0 Å². The normalized spacial score (nSPS) is 21.2. The molecule has 1 fully saturated rings. The molecule has 5 nitrogen and oxygen atoms in total. The zero-order valence-corrected chi connectivity index (χ0v) is 13.6. The Kier molecular flexibility index (Phi) is 3.78. The van der Waals surface area contributed by atoms with Gasteiger partial charge in [0, 0.05) is 24.8 Å². The lowest BCUT2D eigenvalue weighted by molar-refractivity contribution is 0.309. The lowest BCUT2D eigenvalue weighted by atomic mass is 10.0. The van der Waals surface area contributed by atoms with Crippen molar-refractivity contribution in [2.45, 2.75) is 18.5 Å². The van der Waals surface area contributed by atoms with Gasteiger partial charge in [0.05, 0.1) is 6.04 Å². The highest BCUT2D eigenvalue weighted by Crippen LogP contribution is 2.32. The minimum Gasteiger partial charge on any atom is -0.365 e. The second-order valence-corrected chi connectivity index (χ2v) is 6.28. The van der Waals surface area contributed by atoms with Crippen molar-refractivity contribution in [1.29, 1.82) is 0 Å². The Morgan fingerprint density at radius 1 is 1.12 bits per heavy atom. The van der Waals surface area contributed by atoms with Gasteiger partial charge in [0.15, 0.2) is 0 Å². The van der Waals surface area contributed by atoms with Crippen LogP contribution in [-0.2, 0) is 0 Å². The summed E-state index contributed by atoms with van der Waals surface area (Å²) in [4.78, 5) is 19.2. The van der Waals surface area contributed by atoms with Crippen molar-refractivity contribution in [2.75, 3.05) is 18.9 Å². The number of nitrogens with one attached hydrogen (secondary N) is 1. The summed E-state index contributed by atoms with van der Waals surface area (Å²) < 4.78 is 1.56. The van der Waals surface area contributed by atoms with Crippen LogP contribution in [0.1, 0.15) is 18.0 Å². The van der Waals surface area contributed by atoms with Gasteiger partial charge < -0.3 is 5.32 Å². The molecule has 1 aliphatic heterocycles. The Bertz CT molecular complexity index is 906. The molecule has 2 aromatic heterocycles. The van der Waals surface area contributed by atoms with E-state index in [1.54, 1.807) is 16.7 Å². The lowest BCUT2D eigenvalue weighted by Gasteiger charge is -2.26. The maximum atomic E-state index is 12.3. The van der Waals surface area contributed by atoms with E-state index in [-0.39, 0.29) is 17.6 Å². The van der Waals surface area contributed by atoms with E-state index in [2.05, 4.69) is 46.5 Å². The highest BCUT2D eigenvalue weighted by molar-refractivity contribution is 5.47. The van der Waals surface area contributed by atoms with Crippen molar-refractivity contribution in [2.24, 2.45) is 0 Å². The first kappa shape index (κ1) is 14.9. The Balaban J connectivity index is 1.66. The first-order chi connectivity index (χ1) is 11.7. The molecule has 1 aromatic carbocycles. The summed E-state index contributed by atoms with van der Waals surface area (Å²) >= 11 is 0. The van der Waals surface area contributed by atoms with Gasteiger partial charge in [-0.15, -0.1) is 0 Å². The zero-order valence-electron chi connectivity index (χ0n) is 13.6. The molecule has 0 aliphatic carbocycles. The molecule has 0 radical (unpaired) electrons. The second kappa shape index (κ2) is 6.09. The van der Waals surface area contributed by atoms with Crippen molar-refractivity contribution in [3.63, 3.8) is 0 Å². The number of fused-ring (bicyclic) bond motifs is 1. The van der Waals surface area contributed by atoms with Gasteiger partial charge in [-0.25, -0.2) is 4.98 Å². The lowest BCUT2D eigenvalue weighted by Crippen LogP contribution is -2.30. The smallest absolute Gasteiger partial charge is 0.259 e. The molecule has 0 bridgehead atoms. The van der Waals surface area contributed by atoms with Gasteiger partial charge in [0.2, 0.25) is 0 Å². The molecule has 0 unspecified atom stereocenters. The quantitative estimate of drug-likeness (QED) is 0.806. The molecule has 3 aromatic rings. The van der Waals surface area contributed by atoms with Crippen LogP contribution in [0.5, 0.6) is 0 Å². The Labute approximate surface area is 140 Å². The number of aromatic nitrogens is 2. The summed E-state index contributed by atoms with van der Waals surface area (Å²) in [6, 6.07) is 18.1. The minimum atomic E-state index is -0.0642. The highest BCUT2D eigenvalue weighted by atomic mass is 16.1. The van der Waals surface area contributed by atoms with Crippen LogP contribution in [0.15, 0.2) is 65.6 Å². The number of pyridine rings is 1. The molecule has 24 heavy (non-hydrogen) atoms. The van der Waals surface area contributed by atoms with Crippen LogP contribution in [0, 0.1) is 0 Å². The van der Waals surface area contributed by atoms with Crippen molar-refractivity contribution < 1.29 is 0 Å². The molecule has 0 saturated carbocycles. The number of likely N-dealkylation sites (N-methyl/N-ethyl adjacent to an activating group) is 1. The molecule has 1 saturated heterocycles. The maximum absolute atomic E-state index is 12.3. The molecule has 2 atom stereocenters. The van der Waals surface area contributed by atoms with E-state index in [1.165, 1.54) is 5.56 Å². The fraction of sp³-hybridized carbons (Fsp3) is 0.263. The fourth-order valence-electron chi connectivity index (χ4n) is 3.55. The van der Waals surface area contributed by atoms with Crippen molar-refractivity contribution in [1.82, 2.24) is 14.3 Å².